The zero-order valence-electron chi connectivity index (χ0n) is 7.52. The molecule has 0 fully saturated rings. The summed E-state index contributed by atoms with van der Waals surface area (Å²) in [6, 6.07) is 0.626. The van der Waals surface area contributed by atoms with Gasteiger partial charge in [0, 0.05) is 11.5 Å². The molecule has 1 atom stereocenters. The highest BCUT2D eigenvalue weighted by atomic mass is 16.5. The molecule has 0 aromatic carbocycles. The fourth-order valence-electron chi connectivity index (χ4n) is 1.01. The molecule has 5 heteroatoms. The van der Waals surface area contributed by atoms with Crippen molar-refractivity contribution < 1.29 is 14.4 Å². The van der Waals surface area contributed by atoms with Crippen molar-refractivity contribution in [3.8, 4) is 0 Å². The highest BCUT2D eigenvalue weighted by molar-refractivity contribution is 5.75. The molecule has 3 N–H and O–H groups in total. The Hall–Kier alpha value is -1.36. The first-order valence-corrected chi connectivity index (χ1v) is 3.85. The summed E-state index contributed by atoms with van der Waals surface area (Å²) >= 11 is 0. The summed E-state index contributed by atoms with van der Waals surface area (Å²) in [5, 5.41) is 12.4. The van der Waals surface area contributed by atoms with Crippen LogP contribution < -0.4 is 5.73 Å². The van der Waals surface area contributed by atoms with E-state index < -0.39 is 17.4 Å². The minimum atomic E-state index is -1.05. The summed E-state index contributed by atoms with van der Waals surface area (Å²) in [4.78, 5) is 10.7. The number of hydrogen-bond acceptors (Lipinski definition) is 4. The molecule has 1 rings (SSSR count). The lowest BCUT2D eigenvalue weighted by Crippen LogP contribution is -2.47. The van der Waals surface area contributed by atoms with Crippen LogP contribution in [0.5, 0.6) is 0 Å². The van der Waals surface area contributed by atoms with Crippen LogP contribution >= 0.6 is 0 Å². The summed E-state index contributed by atoms with van der Waals surface area (Å²) in [6.07, 6.45) is 1.39. The second-order valence-electron chi connectivity index (χ2n) is 3.42. The van der Waals surface area contributed by atoms with Crippen LogP contribution in [0, 0.1) is 0 Å². The molecule has 0 radical (unpaired) electrons. The second kappa shape index (κ2) is 3.18. The zero-order chi connectivity index (χ0) is 10.1. The van der Waals surface area contributed by atoms with E-state index in [9.17, 15) is 4.79 Å². The third-order valence-electron chi connectivity index (χ3n) is 2.14. The van der Waals surface area contributed by atoms with Gasteiger partial charge in [-0.05, 0) is 0 Å². The Labute approximate surface area is 75.5 Å². The van der Waals surface area contributed by atoms with E-state index in [0.29, 0.717) is 5.69 Å². The fourth-order valence-corrected chi connectivity index (χ4v) is 1.01. The van der Waals surface area contributed by atoms with Crippen molar-refractivity contribution in [2.45, 2.75) is 25.3 Å². The molecule has 0 aliphatic rings. The van der Waals surface area contributed by atoms with Crippen LogP contribution in [0.25, 0.3) is 0 Å². The Morgan fingerprint density at radius 2 is 2.38 bits per heavy atom. The first-order chi connectivity index (χ1) is 5.96. The Bertz CT molecular complexity index is 292. The molecule has 5 nitrogen and oxygen atoms in total. The van der Waals surface area contributed by atoms with Crippen LogP contribution in [0.4, 0.5) is 0 Å². The first kappa shape index (κ1) is 9.73. The van der Waals surface area contributed by atoms with E-state index in [1.807, 2.05) is 0 Å². The van der Waals surface area contributed by atoms with Gasteiger partial charge in [-0.15, -0.1) is 0 Å². The van der Waals surface area contributed by atoms with Gasteiger partial charge in [0.15, 0.2) is 0 Å². The number of aliphatic carboxylic acids is 1. The molecule has 0 spiro atoms. The highest BCUT2D eigenvalue weighted by Gasteiger charge is 2.35. The lowest BCUT2D eigenvalue weighted by molar-refractivity contribution is -0.140. The molecule has 0 aliphatic heterocycles. The molecule has 1 unspecified atom stereocenters. The van der Waals surface area contributed by atoms with Crippen molar-refractivity contribution in [2.75, 3.05) is 0 Å². The zero-order valence-corrected chi connectivity index (χ0v) is 7.52. The van der Waals surface area contributed by atoms with Gasteiger partial charge in [0.05, 0.1) is 5.69 Å². The third kappa shape index (κ3) is 1.70. The van der Waals surface area contributed by atoms with Gasteiger partial charge in [-0.25, -0.2) is 0 Å². The van der Waals surface area contributed by atoms with E-state index in [1.165, 1.54) is 6.26 Å². The smallest absolute Gasteiger partial charge is 0.321 e. The van der Waals surface area contributed by atoms with Crippen LogP contribution in [0.2, 0.25) is 0 Å². The summed E-state index contributed by atoms with van der Waals surface area (Å²) in [6.45, 7) is 3.42. The van der Waals surface area contributed by atoms with Crippen molar-refractivity contribution in [2.24, 2.45) is 5.73 Å². The van der Waals surface area contributed by atoms with Gasteiger partial charge >= 0.3 is 5.97 Å². The van der Waals surface area contributed by atoms with Gasteiger partial charge in [0.2, 0.25) is 0 Å². The van der Waals surface area contributed by atoms with Crippen molar-refractivity contribution in [1.82, 2.24) is 5.16 Å². The van der Waals surface area contributed by atoms with E-state index in [1.54, 1.807) is 19.9 Å². The summed E-state index contributed by atoms with van der Waals surface area (Å²) in [7, 11) is 0. The average Bonchev–Trinajstić information content (AvgIpc) is 2.54. The number of rotatable bonds is 3. The van der Waals surface area contributed by atoms with Crippen LogP contribution in [0.15, 0.2) is 16.9 Å². The molecular weight excluding hydrogens is 172 g/mol. The van der Waals surface area contributed by atoms with Crippen molar-refractivity contribution in [3.63, 3.8) is 0 Å². The topological polar surface area (TPSA) is 89.4 Å². The van der Waals surface area contributed by atoms with E-state index in [-0.39, 0.29) is 0 Å². The molecule has 0 bridgehead atoms. The van der Waals surface area contributed by atoms with E-state index in [2.05, 4.69) is 9.68 Å². The van der Waals surface area contributed by atoms with Gasteiger partial charge in [-0.3, -0.25) is 4.79 Å². The molecule has 1 heterocycles. The summed E-state index contributed by atoms with van der Waals surface area (Å²) in [5.74, 6) is -1.05. The van der Waals surface area contributed by atoms with Crippen molar-refractivity contribution >= 4 is 5.97 Å². The minimum absolute atomic E-state index is 0.544. The van der Waals surface area contributed by atoms with Crippen molar-refractivity contribution in [3.05, 3.63) is 18.0 Å². The Kier molecular flexibility index (Phi) is 2.38. The molecular formula is C8H12N2O3. The Morgan fingerprint density at radius 1 is 1.77 bits per heavy atom. The molecule has 0 saturated carbocycles. The number of carboxylic acids is 1. The predicted molar refractivity (Wildman–Crippen MR) is 45.1 cm³/mol. The normalized spacial score (nSPS) is 14.1. The number of nitrogens with zero attached hydrogens (tertiary/aromatic N) is 1. The van der Waals surface area contributed by atoms with Crippen LogP contribution in [0.3, 0.4) is 0 Å². The van der Waals surface area contributed by atoms with Gasteiger partial charge in [0.1, 0.15) is 12.3 Å². The van der Waals surface area contributed by atoms with E-state index in [4.69, 9.17) is 10.8 Å². The Balaban J connectivity index is 2.95. The molecule has 1 aromatic rings. The molecule has 0 amide bonds. The Morgan fingerprint density at radius 3 is 2.77 bits per heavy atom. The maximum Gasteiger partial charge on any atom is 0.321 e. The number of carbonyl (C=O) groups is 1. The largest absolute Gasteiger partial charge is 0.480 e. The van der Waals surface area contributed by atoms with Crippen LogP contribution in [0.1, 0.15) is 19.5 Å². The summed E-state index contributed by atoms with van der Waals surface area (Å²) < 4.78 is 4.63. The van der Waals surface area contributed by atoms with Gasteiger partial charge in [-0.1, -0.05) is 19.0 Å². The number of hydrogen-bond donors (Lipinski definition) is 2. The predicted octanol–water partition coefficient (Wildman–Crippen LogP) is 0.364. The van der Waals surface area contributed by atoms with Gasteiger partial charge in [0.25, 0.3) is 0 Å². The van der Waals surface area contributed by atoms with E-state index >= 15 is 0 Å². The second-order valence-corrected chi connectivity index (χ2v) is 3.42. The molecule has 1 aromatic heterocycles. The molecule has 0 aliphatic carbocycles. The maximum atomic E-state index is 10.7. The molecule has 13 heavy (non-hydrogen) atoms. The molecule has 0 saturated heterocycles. The van der Waals surface area contributed by atoms with Crippen LogP contribution in [-0.4, -0.2) is 22.3 Å². The lowest BCUT2D eigenvalue weighted by atomic mass is 9.82. The quantitative estimate of drug-likeness (QED) is 0.708. The van der Waals surface area contributed by atoms with Crippen molar-refractivity contribution in [1.29, 1.82) is 0 Å². The number of carboxylic acid groups (broad SMARTS) is 1. The minimum Gasteiger partial charge on any atom is -0.480 e. The first-order valence-electron chi connectivity index (χ1n) is 3.85. The average molecular weight is 184 g/mol. The SMILES string of the molecule is CC(C)(c1ccon1)C(N)C(=O)O. The highest BCUT2D eigenvalue weighted by Crippen LogP contribution is 2.24. The number of nitrogens with two attached hydrogens (primary N) is 1. The lowest BCUT2D eigenvalue weighted by Gasteiger charge is -2.25. The fraction of sp³-hybridized carbons (Fsp3) is 0.500. The third-order valence-corrected chi connectivity index (χ3v) is 2.14. The maximum absolute atomic E-state index is 10.7. The van der Waals surface area contributed by atoms with Crippen LogP contribution in [-0.2, 0) is 10.2 Å². The van der Waals surface area contributed by atoms with Gasteiger partial charge < -0.3 is 15.4 Å². The summed E-state index contributed by atoms with van der Waals surface area (Å²) in [5.41, 5.74) is 5.32. The van der Waals surface area contributed by atoms with E-state index in [0.717, 1.165) is 0 Å². The number of aromatic nitrogens is 1. The standard InChI is InChI=1S/C8H12N2O3/c1-8(2,6(9)7(11)12)5-3-4-13-10-5/h3-4,6H,9H2,1-2H3,(H,11,12). The van der Waals surface area contributed by atoms with Gasteiger partial charge in [-0.2, -0.15) is 0 Å². The monoisotopic (exact) mass is 184 g/mol. The molecule has 72 valence electrons.